The zero-order valence-corrected chi connectivity index (χ0v) is 20.8. The Bertz CT molecular complexity index is 1420. The second-order valence-corrected chi connectivity index (χ2v) is 10.3. The van der Waals surface area contributed by atoms with Crippen LogP contribution in [-0.4, -0.2) is 51.4 Å². The van der Waals surface area contributed by atoms with Crippen molar-refractivity contribution in [2.24, 2.45) is 0 Å². The molecule has 2 aromatic heterocycles. The number of thiazole rings is 1. The van der Waals surface area contributed by atoms with Crippen molar-refractivity contribution in [2.45, 2.75) is 25.1 Å². The number of nitrogens with zero attached hydrogens (tertiary/aromatic N) is 3. The molecule has 0 spiro atoms. The fourth-order valence-electron chi connectivity index (χ4n) is 4.32. The molecular weight excluding hydrogens is 511 g/mol. The lowest BCUT2D eigenvalue weighted by Gasteiger charge is -2.29. The fraction of sp³-hybridized carbons (Fsp3) is 0.280. The molecule has 0 unspecified atom stereocenters. The number of likely N-dealkylation sites (tertiary alicyclic amines) is 1. The molecule has 36 heavy (non-hydrogen) atoms. The average molecular weight is 534 g/mol. The Kier molecular flexibility index (Phi) is 6.67. The van der Waals surface area contributed by atoms with Gasteiger partial charge in [-0.1, -0.05) is 35.1 Å². The molecule has 3 N–H and O–H groups in total. The zero-order valence-electron chi connectivity index (χ0n) is 19.2. The van der Waals surface area contributed by atoms with Crippen molar-refractivity contribution in [1.82, 2.24) is 20.1 Å². The Balaban J connectivity index is 1.60. The van der Waals surface area contributed by atoms with E-state index in [4.69, 9.17) is 11.6 Å². The van der Waals surface area contributed by atoms with Gasteiger partial charge in [0.15, 0.2) is 5.13 Å². The van der Waals surface area contributed by atoms with Crippen LogP contribution < -0.4 is 5.32 Å². The van der Waals surface area contributed by atoms with E-state index in [0.717, 1.165) is 42.9 Å². The molecular formula is C25H23ClF3N5OS. The number of aromatic hydroxyl groups is 1. The molecule has 6 nitrogen and oxygen atoms in total. The van der Waals surface area contributed by atoms with Crippen LogP contribution in [0.2, 0.25) is 5.02 Å². The van der Waals surface area contributed by atoms with E-state index in [1.54, 1.807) is 18.3 Å². The summed E-state index contributed by atoms with van der Waals surface area (Å²) in [4.78, 5) is 6.92. The summed E-state index contributed by atoms with van der Waals surface area (Å²) in [5.74, 6) is -0.239. The number of aromatic amines is 1. The highest BCUT2D eigenvalue weighted by Gasteiger charge is 2.33. The molecule has 11 heteroatoms. The number of halogens is 4. The smallest absolute Gasteiger partial charge is 0.417 e. The predicted octanol–water partition coefficient (Wildman–Crippen LogP) is 6.49. The maximum absolute atomic E-state index is 13.8. The van der Waals surface area contributed by atoms with Crippen LogP contribution >= 0.6 is 22.9 Å². The van der Waals surface area contributed by atoms with Gasteiger partial charge < -0.3 is 15.3 Å². The number of benzene rings is 2. The monoisotopic (exact) mass is 533 g/mol. The maximum Gasteiger partial charge on any atom is 0.417 e. The lowest BCUT2D eigenvalue weighted by atomic mass is 9.98. The first kappa shape index (κ1) is 24.6. The van der Waals surface area contributed by atoms with E-state index in [1.807, 2.05) is 6.07 Å². The highest BCUT2D eigenvalue weighted by atomic mass is 35.5. The summed E-state index contributed by atoms with van der Waals surface area (Å²) in [6.07, 6.45) is 0.330. The SMILES string of the molecule is CN1CCC(Nc2nc(O)c(C(=Cc3ccc(Cl)cc3C(F)(F)F)c3ccc4[nH]ncc4c3)s2)CC1. The third kappa shape index (κ3) is 5.21. The minimum absolute atomic E-state index is 0.00825. The summed E-state index contributed by atoms with van der Waals surface area (Å²) in [6, 6.07) is 9.26. The van der Waals surface area contributed by atoms with Gasteiger partial charge in [-0.15, -0.1) is 0 Å². The number of fused-ring (bicyclic) bond motifs is 1. The van der Waals surface area contributed by atoms with Crippen molar-refractivity contribution >= 4 is 50.6 Å². The van der Waals surface area contributed by atoms with Gasteiger partial charge in [0.05, 0.1) is 17.3 Å². The molecule has 2 aromatic carbocycles. The number of H-pyrrole nitrogens is 1. The van der Waals surface area contributed by atoms with Crippen molar-refractivity contribution in [3.63, 3.8) is 0 Å². The number of nitrogens with one attached hydrogen (secondary N) is 2. The standard InChI is InChI=1S/C25H23ClF3N5OS/c1-34-8-6-18(7-9-34)31-24-32-23(35)22(36-24)19(14-3-5-21-16(10-14)13-30-33-21)11-15-2-4-17(26)12-20(15)25(27,28)29/h2-5,10-13,18,35H,6-9H2,1H3,(H,30,33)(H,31,32). The van der Waals surface area contributed by atoms with Gasteiger partial charge in [-0.3, -0.25) is 5.10 Å². The first-order valence-corrected chi connectivity index (χ1v) is 12.5. The van der Waals surface area contributed by atoms with Crippen molar-refractivity contribution in [1.29, 1.82) is 0 Å². The van der Waals surface area contributed by atoms with Gasteiger partial charge in [0.2, 0.25) is 5.88 Å². The third-order valence-corrected chi connectivity index (χ3v) is 7.52. The Morgan fingerprint density at radius 2 is 2.00 bits per heavy atom. The minimum atomic E-state index is -4.60. The van der Waals surface area contributed by atoms with Crippen LogP contribution in [0.5, 0.6) is 5.88 Å². The highest BCUT2D eigenvalue weighted by molar-refractivity contribution is 7.17. The van der Waals surface area contributed by atoms with Crippen LogP contribution in [-0.2, 0) is 6.18 Å². The molecule has 0 atom stereocenters. The highest BCUT2D eigenvalue weighted by Crippen LogP contribution is 2.42. The summed E-state index contributed by atoms with van der Waals surface area (Å²) < 4.78 is 41.5. The second-order valence-electron chi connectivity index (χ2n) is 8.85. The first-order valence-electron chi connectivity index (χ1n) is 11.3. The molecule has 0 aliphatic carbocycles. The van der Waals surface area contributed by atoms with Crippen molar-refractivity contribution in [3.05, 3.63) is 69.2 Å². The zero-order chi connectivity index (χ0) is 25.4. The average Bonchev–Trinajstić information content (AvgIpc) is 3.44. The van der Waals surface area contributed by atoms with Crippen LogP contribution in [0.25, 0.3) is 22.6 Å². The van der Waals surface area contributed by atoms with Crippen LogP contribution in [0.4, 0.5) is 18.3 Å². The summed E-state index contributed by atoms with van der Waals surface area (Å²) in [7, 11) is 2.07. The molecule has 0 amide bonds. The second kappa shape index (κ2) is 9.76. The van der Waals surface area contributed by atoms with Crippen molar-refractivity contribution in [2.75, 3.05) is 25.5 Å². The van der Waals surface area contributed by atoms with E-state index in [1.165, 1.54) is 29.5 Å². The number of hydrogen-bond donors (Lipinski definition) is 3. The topological polar surface area (TPSA) is 77.1 Å². The lowest BCUT2D eigenvalue weighted by Crippen LogP contribution is -2.36. The quantitative estimate of drug-likeness (QED) is 0.256. The predicted molar refractivity (Wildman–Crippen MR) is 137 cm³/mol. The van der Waals surface area contributed by atoms with Gasteiger partial charge in [-0.05, 0) is 74.4 Å². The van der Waals surface area contributed by atoms with Crippen molar-refractivity contribution in [3.8, 4) is 5.88 Å². The maximum atomic E-state index is 13.8. The van der Waals surface area contributed by atoms with E-state index in [2.05, 4.69) is 32.4 Å². The first-order chi connectivity index (χ1) is 17.2. The Labute approximate surface area is 214 Å². The number of anilines is 1. The number of alkyl halides is 3. The molecule has 0 radical (unpaired) electrons. The molecule has 0 saturated carbocycles. The number of piperidine rings is 1. The summed E-state index contributed by atoms with van der Waals surface area (Å²) in [5.41, 5.74) is 0.908. The molecule has 1 aliphatic heterocycles. The Hall–Kier alpha value is -3.08. The lowest BCUT2D eigenvalue weighted by molar-refractivity contribution is -0.137. The van der Waals surface area contributed by atoms with Crippen LogP contribution in [0.3, 0.4) is 0 Å². The van der Waals surface area contributed by atoms with Gasteiger partial charge in [-0.2, -0.15) is 23.3 Å². The molecule has 3 heterocycles. The van der Waals surface area contributed by atoms with E-state index in [0.29, 0.717) is 21.1 Å². The largest absolute Gasteiger partial charge is 0.492 e. The number of rotatable bonds is 5. The molecule has 188 valence electrons. The van der Waals surface area contributed by atoms with E-state index in [9.17, 15) is 18.3 Å². The minimum Gasteiger partial charge on any atom is -0.492 e. The van der Waals surface area contributed by atoms with Gasteiger partial charge in [-0.25, -0.2) is 0 Å². The van der Waals surface area contributed by atoms with Gasteiger partial charge >= 0.3 is 6.18 Å². The van der Waals surface area contributed by atoms with E-state index in [-0.39, 0.29) is 22.5 Å². The molecule has 1 fully saturated rings. The Morgan fingerprint density at radius 1 is 1.22 bits per heavy atom. The molecule has 5 rings (SSSR count). The van der Waals surface area contributed by atoms with Crippen LogP contribution in [0.1, 0.15) is 34.4 Å². The van der Waals surface area contributed by atoms with Crippen LogP contribution in [0.15, 0.2) is 42.6 Å². The van der Waals surface area contributed by atoms with Crippen LogP contribution in [0, 0.1) is 0 Å². The summed E-state index contributed by atoms with van der Waals surface area (Å²) in [5, 5.41) is 22.4. The van der Waals surface area contributed by atoms with Gasteiger partial charge in [0.25, 0.3) is 0 Å². The van der Waals surface area contributed by atoms with E-state index >= 15 is 0 Å². The molecule has 4 aromatic rings. The number of aromatic nitrogens is 3. The summed E-state index contributed by atoms with van der Waals surface area (Å²) in [6.45, 7) is 1.91. The van der Waals surface area contributed by atoms with Gasteiger partial charge in [0, 0.05) is 22.0 Å². The normalized spacial score (nSPS) is 16.1. The summed E-state index contributed by atoms with van der Waals surface area (Å²) >= 11 is 7.10. The van der Waals surface area contributed by atoms with Crippen molar-refractivity contribution < 1.29 is 18.3 Å². The Morgan fingerprint density at radius 3 is 2.75 bits per heavy atom. The fourth-order valence-corrected chi connectivity index (χ4v) is 5.47. The number of hydrogen-bond acceptors (Lipinski definition) is 6. The molecule has 1 aliphatic rings. The van der Waals surface area contributed by atoms with Gasteiger partial charge in [0.1, 0.15) is 4.88 Å². The molecule has 1 saturated heterocycles. The molecule has 0 bridgehead atoms. The third-order valence-electron chi connectivity index (χ3n) is 6.27. The van der Waals surface area contributed by atoms with E-state index < -0.39 is 11.7 Å².